The summed E-state index contributed by atoms with van der Waals surface area (Å²) in [7, 11) is 3.13. The van der Waals surface area contributed by atoms with Gasteiger partial charge in [-0.3, -0.25) is 9.59 Å². The average Bonchev–Trinajstić information content (AvgIpc) is 2.88. The van der Waals surface area contributed by atoms with Gasteiger partial charge in [-0.2, -0.15) is 0 Å². The van der Waals surface area contributed by atoms with Crippen molar-refractivity contribution in [3.05, 3.63) is 17.7 Å². The summed E-state index contributed by atoms with van der Waals surface area (Å²) in [4.78, 5) is 24.2. The fraction of sp³-hybridized carbons (Fsp3) is 0.643. The number of rotatable bonds is 8. The van der Waals surface area contributed by atoms with Gasteiger partial charge in [0.15, 0.2) is 0 Å². The normalized spacial score (nSPS) is 10.0. The molecule has 0 spiro atoms. The molecule has 2 amide bonds. The molecule has 22 heavy (non-hydrogen) atoms. The molecule has 1 rings (SSSR count). The molecule has 4 N–H and O–H groups in total. The standard InChI is InChI=1S/C14H25N5O2.BrH/c1-4-18-10-19(9-7-5-6-8-15)12(14(21)17-3)11(18)13(20)16-2;/h10H,4-9,15H2,1-3H3,(H-,16,17,20,21);1H. The second-order valence-electron chi connectivity index (χ2n) is 4.80. The highest BCUT2D eigenvalue weighted by molar-refractivity contribution is 6.03. The van der Waals surface area contributed by atoms with Crippen LogP contribution in [0.25, 0.3) is 0 Å². The number of nitrogens with two attached hydrogens (primary N) is 1. The molecule has 0 atom stereocenters. The predicted molar refractivity (Wildman–Crippen MR) is 80.0 cm³/mol. The highest BCUT2D eigenvalue weighted by Gasteiger charge is 2.32. The van der Waals surface area contributed by atoms with E-state index in [4.69, 9.17) is 5.73 Å². The average molecular weight is 376 g/mol. The summed E-state index contributed by atoms with van der Waals surface area (Å²) in [6.07, 6.45) is 4.72. The van der Waals surface area contributed by atoms with Crippen LogP contribution in [0.15, 0.2) is 6.33 Å². The Morgan fingerprint density at radius 1 is 1.18 bits per heavy atom. The number of hydrogen-bond donors (Lipinski definition) is 3. The summed E-state index contributed by atoms with van der Waals surface area (Å²) < 4.78 is 3.65. The van der Waals surface area contributed by atoms with E-state index >= 15 is 0 Å². The molecule has 0 unspecified atom stereocenters. The first kappa shape index (κ1) is 20.6. The van der Waals surface area contributed by atoms with E-state index in [0.29, 0.717) is 31.0 Å². The number of unbranched alkanes of at least 4 members (excludes halogenated alkanes) is 2. The van der Waals surface area contributed by atoms with Gasteiger partial charge in [-0.15, -0.1) is 0 Å². The molecular formula is C14H26BrN5O2. The van der Waals surface area contributed by atoms with E-state index in [9.17, 15) is 9.59 Å². The minimum atomic E-state index is -0.254. The maximum atomic E-state index is 12.1. The summed E-state index contributed by atoms with van der Waals surface area (Å²) in [5.41, 5.74) is 6.30. The van der Waals surface area contributed by atoms with Crippen LogP contribution in [0.2, 0.25) is 0 Å². The lowest BCUT2D eigenvalue weighted by atomic mass is 10.2. The van der Waals surface area contributed by atoms with Crippen LogP contribution in [0.1, 0.15) is 47.2 Å². The number of aryl methyl sites for hydroxylation is 2. The van der Waals surface area contributed by atoms with Gasteiger partial charge in [0.05, 0.1) is 13.1 Å². The van der Waals surface area contributed by atoms with E-state index in [0.717, 1.165) is 19.3 Å². The number of aromatic nitrogens is 2. The molecule has 0 aliphatic carbocycles. The SMILES string of the molecule is CCn1c[n+](CCCCCN)c(C(=O)NC)c1C(=O)NC.[Br-]. The summed E-state index contributed by atoms with van der Waals surface area (Å²) >= 11 is 0. The Morgan fingerprint density at radius 2 is 1.82 bits per heavy atom. The first-order valence-corrected chi connectivity index (χ1v) is 7.37. The second kappa shape index (κ2) is 10.3. The zero-order chi connectivity index (χ0) is 15.8. The van der Waals surface area contributed by atoms with E-state index in [1.54, 1.807) is 18.7 Å². The Morgan fingerprint density at radius 3 is 2.32 bits per heavy atom. The van der Waals surface area contributed by atoms with Gasteiger partial charge >= 0.3 is 0 Å². The molecule has 0 saturated carbocycles. The number of amides is 2. The van der Waals surface area contributed by atoms with E-state index in [-0.39, 0.29) is 28.8 Å². The van der Waals surface area contributed by atoms with E-state index in [1.807, 2.05) is 17.8 Å². The van der Waals surface area contributed by atoms with Crippen molar-refractivity contribution in [2.75, 3.05) is 20.6 Å². The number of imidazole rings is 1. The minimum Gasteiger partial charge on any atom is -1.00 e. The van der Waals surface area contributed by atoms with Crippen LogP contribution >= 0.6 is 0 Å². The van der Waals surface area contributed by atoms with Crippen molar-refractivity contribution >= 4 is 11.8 Å². The van der Waals surface area contributed by atoms with Crippen LogP contribution < -0.4 is 37.9 Å². The monoisotopic (exact) mass is 375 g/mol. The smallest absolute Gasteiger partial charge is 0.295 e. The number of nitrogens with zero attached hydrogens (tertiary/aromatic N) is 2. The van der Waals surface area contributed by atoms with Crippen molar-refractivity contribution in [3.8, 4) is 0 Å². The highest BCUT2D eigenvalue weighted by atomic mass is 79.9. The highest BCUT2D eigenvalue weighted by Crippen LogP contribution is 2.08. The first-order valence-electron chi connectivity index (χ1n) is 7.37. The fourth-order valence-electron chi connectivity index (χ4n) is 2.28. The van der Waals surface area contributed by atoms with Crippen molar-refractivity contribution < 1.29 is 31.1 Å². The Labute approximate surface area is 142 Å². The lowest BCUT2D eigenvalue weighted by Gasteiger charge is -2.03. The molecule has 7 nitrogen and oxygen atoms in total. The number of halogens is 1. The second-order valence-corrected chi connectivity index (χ2v) is 4.80. The Hall–Kier alpha value is -1.41. The van der Waals surface area contributed by atoms with Crippen LogP contribution in [-0.2, 0) is 13.1 Å². The molecule has 0 radical (unpaired) electrons. The largest absolute Gasteiger partial charge is 1.00 e. The topological polar surface area (TPSA) is 93.0 Å². The van der Waals surface area contributed by atoms with Crippen LogP contribution in [0.5, 0.6) is 0 Å². The predicted octanol–water partition coefficient (Wildman–Crippen LogP) is -3.35. The zero-order valence-corrected chi connectivity index (χ0v) is 15.1. The van der Waals surface area contributed by atoms with Crippen molar-refractivity contribution in [2.45, 2.75) is 39.3 Å². The third kappa shape index (κ3) is 4.81. The number of nitrogens with one attached hydrogen (secondary N) is 2. The van der Waals surface area contributed by atoms with Gasteiger partial charge < -0.3 is 33.3 Å². The van der Waals surface area contributed by atoms with Gasteiger partial charge in [-0.05, 0) is 32.7 Å². The molecule has 1 aromatic heterocycles. The number of carbonyl (C=O) groups is 2. The summed E-state index contributed by atoms with van der Waals surface area (Å²) in [6.45, 7) is 3.94. The third-order valence-corrected chi connectivity index (χ3v) is 3.41. The maximum absolute atomic E-state index is 12.1. The maximum Gasteiger partial charge on any atom is 0.295 e. The van der Waals surface area contributed by atoms with Gasteiger partial charge in [-0.1, -0.05) is 0 Å². The molecule has 0 fully saturated rings. The van der Waals surface area contributed by atoms with E-state index in [1.165, 1.54) is 0 Å². The van der Waals surface area contributed by atoms with Crippen molar-refractivity contribution in [2.24, 2.45) is 5.73 Å². The van der Waals surface area contributed by atoms with E-state index < -0.39 is 0 Å². The lowest BCUT2D eigenvalue weighted by molar-refractivity contribution is -0.698. The van der Waals surface area contributed by atoms with Crippen LogP contribution in [0.4, 0.5) is 0 Å². The molecule has 126 valence electrons. The summed E-state index contributed by atoms with van der Waals surface area (Å²) in [6, 6.07) is 0. The van der Waals surface area contributed by atoms with Gasteiger partial charge in [0.2, 0.25) is 17.7 Å². The minimum absolute atomic E-state index is 0. The first-order chi connectivity index (χ1) is 10.1. The molecule has 8 heteroatoms. The van der Waals surface area contributed by atoms with Gasteiger partial charge in [0.25, 0.3) is 11.8 Å². The molecule has 0 aromatic carbocycles. The van der Waals surface area contributed by atoms with Crippen LogP contribution in [0, 0.1) is 0 Å². The van der Waals surface area contributed by atoms with Crippen LogP contribution in [0.3, 0.4) is 0 Å². The van der Waals surface area contributed by atoms with Crippen molar-refractivity contribution in [3.63, 3.8) is 0 Å². The molecular weight excluding hydrogens is 350 g/mol. The van der Waals surface area contributed by atoms with Gasteiger partial charge in [-0.25, -0.2) is 9.13 Å². The third-order valence-electron chi connectivity index (χ3n) is 3.41. The summed E-state index contributed by atoms with van der Waals surface area (Å²) in [5, 5.41) is 5.20. The van der Waals surface area contributed by atoms with Crippen LogP contribution in [-0.4, -0.2) is 37.0 Å². The van der Waals surface area contributed by atoms with Gasteiger partial charge in [0, 0.05) is 14.1 Å². The number of hydrogen-bond acceptors (Lipinski definition) is 3. The summed E-state index contributed by atoms with van der Waals surface area (Å²) in [5.74, 6) is -0.504. The lowest BCUT2D eigenvalue weighted by Crippen LogP contribution is -3.00. The quantitative estimate of drug-likeness (QED) is 0.327. The van der Waals surface area contributed by atoms with Gasteiger partial charge in [0.1, 0.15) is 0 Å². The molecule has 0 saturated heterocycles. The molecule has 0 bridgehead atoms. The number of carbonyl (C=O) groups excluding carboxylic acids is 2. The van der Waals surface area contributed by atoms with E-state index in [2.05, 4.69) is 10.6 Å². The molecule has 1 heterocycles. The Balaban J connectivity index is 0.00000441. The Kier molecular flexibility index (Phi) is 9.68. The zero-order valence-electron chi connectivity index (χ0n) is 13.5. The van der Waals surface area contributed by atoms with Crippen molar-refractivity contribution in [1.29, 1.82) is 0 Å². The molecule has 0 aliphatic heterocycles. The fourth-order valence-corrected chi connectivity index (χ4v) is 2.28. The Bertz CT molecular complexity index is 502. The molecule has 0 aliphatic rings. The van der Waals surface area contributed by atoms with Crippen molar-refractivity contribution in [1.82, 2.24) is 15.2 Å². The molecule has 1 aromatic rings.